The zero-order valence-electron chi connectivity index (χ0n) is 10.9. The highest BCUT2D eigenvalue weighted by atomic mass is 16.5. The van der Waals surface area contributed by atoms with Crippen LogP contribution < -0.4 is 15.2 Å². The maximum atomic E-state index is 9.56. The Labute approximate surface area is 102 Å². The minimum absolute atomic E-state index is 0.0563. The minimum atomic E-state index is -0.565. The molecule has 0 radical (unpaired) electrons. The number of hydrogen-bond acceptors (Lipinski definition) is 4. The molecule has 1 unspecified atom stereocenters. The van der Waals surface area contributed by atoms with E-state index in [2.05, 4.69) is 0 Å². The van der Waals surface area contributed by atoms with Crippen LogP contribution in [0, 0.1) is 6.92 Å². The Balaban J connectivity index is 3.48. The Kier molecular flexibility index (Phi) is 4.37. The van der Waals surface area contributed by atoms with Crippen LogP contribution in [0.15, 0.2) is 12.1 Å². The Bertz CT molecular complexity index is 361. The molecule has 0 aliphatic rings. The van der Waals surface area contributed by atoms with Crippen LogP contribution in [0.3, 0.4) is 0 Å². The lowest BCUT2D eigenvalue weighted by atomic mass is 9.81. The van der Waals surface area contributed by atoms with Crippen molar-refractivity contribution in [3.05, 3.63) is 23.3 Å². The van der Waals surface area contributed by atoms with E-state index in [-0.39, 0.29) is 6.61 Å². The molecule has 4 nitrogen and oxygen atoms in total. The molecule has 1 aromatic carbocycles. The lowest BCUT2D eigenvalue weighted by Crippen LogP contribution is -2.36. The van der Waals surface area contributed by atoms with Gasteiger partial charge in [-0.25, -0.2) is 0 Å². The third-order valence-electron chi connectivity index (χ3n) is 3.05. The standard InChI is InChI=1S/C13H21NO3/c1-9-5-10(16-3)12(11(6-9)17-4)13(2,7-14)8-15/h5-6,15H,7-8,14H2,1-4H3. The van der Waals surface area contributed by atoms with Gasteiger partial charge in [0.05, 0.1) is 20.8 Å². The molecule has 1 aromatic rings. The van der Waals surface area contributed by atoms with E-state index in [4.69, 9.17) is 15.2 Å². The summed E-state index contributed by atoms with van der Waals surface area (Å²) in [6, 6.07) is 3.84. The van der Waals surface area contributed by atoms with Crippen molar-refractivity contribution >= 4 is 0 Å². The zero-order chi connectivity index (χ0) is 13.1. The molecule has 0 fully saturated rings. The van der Waals surface area contributed by atoms with Crippen molar-refractivity contribution in [1.82, 2.24) is 0 Å². The van der Waals surface area contributed by atoms with Crippen molar-refractivity contribution in [2.75, 3.05) is 27.4 Å². The van der Waals surface area contributed by atoms with Gasteiger partial charge in [0.15, 0.2) is 0 Å². The molecule has 1 rings (SSSR count). The second-order valence-electron chi connectivity index (χ2n) is 4.47. The van der Waals surface area contributed by atoms with Crippen molar-refractivity contribution in [1.29, 1.82) is 0 Å². The maximum absolute atomic E-state index is 9.56. The van der Waals surface area contributed by atoms with Gasteiger partial charge in [0, 0.05) is 17.5 Å². The van der Waals surface area contributed by atoms with Crippen molar-refractivity contribution in [3.8, 4) is 11.5 Å². The van der Waals surface area contributed by atoms with Crippen molar-refractivity contribution in [2.24, 2.45) is 5.73 Å². The number of rotatable bonds is 5. The third-order valence-corrected chi connectivity index (χ3v) is 3.05. The first kappa shape index (κ1) is 13.8. The van der Waals surface area contributed by atoms with E-state index < -0.39 is 5.41 Å². The monoisotopic (exact) mass is 239 g/mol. The summed E-state index contributed by atoms with van der Waals surface area (Å²) in [4.78, 5) is 0. The van der Waals surface area contributed by atoms with Gasteiger partial charge in [-0.1, -0.05) is 6.92 Å². The van der Waals surface area contributed by atoms with Gasteiger partial charge in [0.25, 0.3) is 0 Å². The van der Waals surface area contributed by atoms with Crippen molar-refractivity contribution in [3.63, 3.8) is 0 Å². The van der Waals surface area contributed by atoms with Crippen LogP contribution in [0.2, 0.25) is 0 Å². The molecular weight excluding hydrogens is 218 g/mol. The quantitative estimate of drug-likeness (QED) is 0.811. The fourth-order valence-corrected chi connectivity index (χ4v) is 1.88. The molecule has 1 atom stereocenters. The molecular formula is C13H21NO3. The average Bonchev–Trinajstić information content (AvgIpc) is 2.36. The van der Waals surface area contributed by atoms with E-state index in [0.717, 1.165) is 11.1 Å². The molecule has 0 heterocycles. The summed E-state index contributed by atoms with van der Waals surface area (Å²) in [6.45, 7) is 4.12. The first-order valence-corrected chi connectivity index (χ1v) is 5.56. The SMILES string of the molecule is COc1cc(C)cc(OC)c1C(C)(CN)CO. The topological polar surface area (TPSA) is 64.7 Å². The molecule has 0 saturated heterocycles. The number of ether oxygens (including phenoxy) is 2. The molecule has 0 bridgehead atoms. The van der Waals surface area contributed by atoms with Crippen LogP contribution in [0.25, 0.3) is 0 Å². The highest BCUT2D eigenvalue weighted by Crippen LogP contribution is 2.39. The number of aliphatic hydroxyl groups excluding tert-OH is 1. The average molecular weight is 239 g/mol. The smallest absolute Gasteiger partial charge is 0.126 e. The van der Waals surface area contributed by atoms with Crippen LogP contribution in [0.4, 0.5) is 0 Å². The minimum Gasteiger partial charge on any atom is -0.496 e. The van der Waals surface area contributed by atoms with Gasteiger partial charge in [-0.2, -0.15) is 0 Å². The molecule has 17 heavy (non-hydrogen) atoms. The molecule has 0 aliphatic carbocycles. The molecule has 3 N–H and O–H groups in total. The summed E-state index contributed by atoms with van der Waals surface area (Å²) in [5, 5.41) is 9.56. The maximum Gasteiger partial charge on any atom is 0.126 e. The number of benzene rings is 1. The number of hydrogen-bond donors (Lipinski definition) is 2. The summed E-state index contributed by atoms with van der Waals surface area (Å²) in [5.74, 6) is 1.40. The van der Waals surface area contributed by atoms with E-state index in [1.807, 2.05) is 26.0 Å². The Morgan fingerprint density at radius 1 is 1.24 bits per heavy atom. The number of methoxy groups -OCH3 is 2. The Hall–Kier alpha value is -1.26. The summed E-state index contributed by atoms with van der Waals surface area (Å²) in [7, 11) is 3.21. The predicted octanol–water partition coefficient (Wildman–Crippen LogP) is 1.22. The first-order valence-electron chi connectivity index (χ1n) is 5.56. The highest BCUT2D eigenvalue weighted by molar-refractivity contribution is 5.52. The number of aliphatic hydroxyl groups is 1. The van der Waals surface area contributed by atoms with Crippen LogP contribution in [-0.4, -0.2) is 32.5 Å². The molecule has 96 valence electrons. The van der Waals surface area contributed by atoms with E-state index in [0.29, 0.717) is 18.0 Å². The molecule has 0 aromatic heterocycles. The van der Waals surface area contributed by atoms with Crippen LogP contribution in [0.5, 0.6) is 11.5 Å². The van der Waals surface area contributed by atoms with Crippen LogP contribution in [-0.2, 0) is 5.41 Å². The Morgan fingerprint density at radius 3 is 2.00 bits per heavy atom. The fourth-order valence-electron chi connectivity index (χ4n) is 1.88. The number of nitrogens with two attached hydrogens (primary N) is 1. The third kappa shape index (κ3) is 2.53. The van der Waals surface area contributed by atoms with Gasteiger partial charge in [0.1, 0.15) is 11.5 Å². The second-order valence-corrected chi connectivity index (χ2v) is 4.47. The van der Waals surface area contributed by atoms with Crippen molar-refractivity contribution < 1.29 is 14.6 Å². The number of aryl methyl sites for hydroxylation is 1. The van der Waals surface area contributed by atoms with Gasteiger partial charge < -0.3 is 20.3 Å². The van der Waals surface area contributed by atoms with E-state index in [9.17, 15) is 5.11 Å². The highest BCUT2D eigenvalue weighted by Gasteiger charge is 2.31. The first-order chi connectivity index (χ1) is 8.02. The predicted molar refractivity (Wildman–Crippen MR) is 67.8 cm³/mol. The molecule has 0 spiro atoms. The van der Waals surface area contributed by atoms with Crippen LogP contribution >= 0.6 is 0 Å². The zero-order valence-corrected chi connectivity index (χ0v) is 10.9. The Morgan fingerprint density at radius 2 is 1.71 bits per heavy atom. The largest absolute Gasteiger partial charge is 0.496 e. The van der Waals surface area contributed by atoms with Crippen LogP contribution in [0.1, 0.15) is 18.1 Å². The van der Waals surface area contributed by atoms with E-state index >= 15 is 0 Å². The normalized spacial score (nSPS) is 14.2. The van der Waals surface area contributed by atoms with Gasteiger partial charge in [-0.15, -0.1) is 0 Å². The van der Waals surface area contributed by atoms with E-state index in [1.165, 1.54) is 0 Å². The summed E-state index contributed by atoms with van der Waals surface area (Å²) in [6.07, 6.45) is 0. The lowest BCUT2D eigenvalue weighted by molar-refractivity contribution is 0.202. The fraction of sp³-hybridized carbons (Fsp3) is 0.538. The summed E-state index contributed by atoms with van der Waals surface area (Å²) in [5.41, 5.74) is 7.06. The van der Waals surface area contributed by atoms with Gasteiger partial charge >= 0.3 is 0 Å². The molecule has 0 amide bonds. The van der Waals surface area contributed by atoms with Gasteiger partial charge in [-0.05, 0) is 24.6 Å². The lowest BCUT2D eigenvalue weighted by Gasteiger charge is -2.29. The van der Waals surface area contributed by atoms with E-state index in [1.54, 1.807) is 14.2 Å². The van der Waals surface area contributed by atoms with Crippen molar-refractivity contribution in [2.45, 2.75) is 19.3 Å². The summed E-state index contributed by atoms with van der Waals surface area (Å²) < 4.78 is 10.7. The second kappa shape index (κ2) is 5.38. The van der Waals surface area contributed by atoms with Gasteiger partial charge in [-0.3, -0.25) is 0 Å². The summed E-state index contributed by atoms with van der Waals surface area (Å²) >= 11 is 0. The molecule has 0 saturated carbocycles. The van der Waals surface area contributed by atoms with Gasteiger partial charge in [0.2, 0.25) is 0 Å². The molecule has 4 heteroatoms. The molecule has 0 aliphatic heterocycles.